The van der Waals surface area contributed by atoms with Crippen molar-refractivity contribution < 1.29 is 28.2 Å². The van der Waals surface area contributed by atoms with Crippen LogP contribution in [0.15, 0.2) is 24.3 Å². The monoisotopic (exact) mass is 379 g/mol. The number of rotatable bonds is 7. The number of ketones is 1. The first kappa shape index (κ1) is 20.9. The highest BCUT2D eigenvalue weighted by molar-refractivity contribution is 5.96. The third-order valence-corrected chi connectivity index (χ3v) is 4.88. The van der Waals surface area contributed by atoms with Gasteiger partial charge in [0.25, 0.3) is 0 Å². The number of nitrogens with zero attached hydrogens (tertiary/aromatic N) is 1. The molecule has 0 unspecified atom stereocenters. The Morgan fingerprint density at radius 2 is 1.93 bits per heavy atom. The molecule has 148 valence electrons. The molecule has 1 aromatic carbocycles. The molecule has 0 aliphatic carbocycles. The molecule has 0 radical (unpaired) electrons. The average Bonchev–Trinajstić information content (AvgIpc) is 2.66. The number of carbonyl (C=O) groups is 3. The molecule has 6 nitrogen and oxygen atoms in total. The molecule has 0 aromatic heterocycles. The maximum absolute atomic E-state index is 13.0. The lowest BCUT2D eigenvalue weighted by Gasteiger charge is -2.38. The SMILES string of the molecule is CCOC(=O)CC(=O)[C@H]1CCN(C(=O)OC)[C@H](CCc2ccc(F)cc2)C1. The summed E-state index contributed by atoms with van der Waals surface area (Å²) in [6.45, 7) is 2.34. The summed E-state index contributed by atoms with van der Waals surface area (Å²) in [5.74, 6) is -1.24. The van der Waals surface area contributed by atoms with Crippen LogP contribution < -0.4 is 0 Å². The van der Waals surface area contributed by atoms with E-state index in [2.05, 4.69) is 0 Å². The van der Waals surface area contributed by atoms with E-state index in [9.17, 15) is 18.8 Å². The van der Waals surface area contributed by atoms with Crippen molar-refractivity contribution in [2.24, 2.45) is 5.92 Å². The molecule has 1 aliphatic heterocycles. The number of benzene rings is 1. The normalized spacial score (nSPS) is 19.4. The van der Waals surface area contributed by atoms with Gasteiger partial charge in [0.05, 0.1) is 13.7 Å². The average molecular weight is 379 g/mol. The molecule has 2 rings (SSSR count). The molecular formula is C20H26FNO5. The van der Waals surface area contributed by atoms with Gasteiger partial charge in [-0.05, 0) is 50.3 Å². The molecule has 1 saturated heterocycles. The van der Waals surface area contributed by atoms with Crippen LogP contribution in [0, 0.1) is 11.7 Å². The Kier molecular flexibility index (Phi) is 7.76. The molecule has 0 saturated carbocycles. The second kappa shape index (κ2) is 10.0. The van der Waals surface area contributed by atoms with E-state index >= 15 is 0 Å². The Hall–Kier alpha value is -2.44. The summed E-state index contributed by atoms with van der Waals surface area (Å²) in [4.78, 5) is 37.7. The first-order valence-corrected chi connectivity index (χ1v) is 9.22. The molecule has 1 fully saturated rings. The van der Waals surface area contributed by atoms with Gasteiger partial charge in [-0.3, -0.25) is 9.59 Å². The maximum Gasteiger partial charge on any atom is 0.409 e. The second-order valence-electron chi connectivity index (χ2n) is 6.65. The fraction of sp³-hybridized carbons (Fsp3) is 0.550. The van der Waals surface area contributed by atoms with Crippen LogP contribution in [-0.4, -0.2) is 49.0 Å². The fourth-order valence-corrected chi connectivity index (χ4v) is 3.46. The van der Waals surface area contributed by atoms with E-state index < -0.39 is 12.1 Å². The highest BCUT2D eigenvalue weighted by atomic mass is 19.1. The number of carbonyl (C=O) groups excluding carboxylic acids is 3. The Morgan fingerprint density at radius 3 is 2.56 bits per heavy atom. The number of hydrogen-bond acceptors (Lipinski definition) is 5. The molecule has 0 bridgehead atoms. The van der Waals surface area contributed by atoms with Crippen molar-refractivity contribution >= 4 is 17.8 Å². The summed E-state index contributed by atoms with van der Waals surface area (Å²) in [6.07, 6.45) is 1.60. The van der Waals surface area contributed by atoms with Gasteiger partial charge in [-0.25, -0.2) is 9.18 Å². The van der Waals surface area contributed by atoms with E-state index in [0.29, 0.717) is 32.2 Å². The molecule has 1 aromatic rings. The summed E-state index contributed by atoms with van der Waals surface area (Å²) in [5.41, 5.74) is 0.959. The topological polar surface area (TPSA) is 72.9 Å². The number of halogens is 1. The summed E-state index contributed by atoms with van der Waals surface area (Å²) < 4.78 is 22.8. The zero-order valence-corrected chi connectivity index (χ0v) is 15.8. The first-order chi connectivity index (χ1) is 12.9. The van der Waals surface area contributed by atoms with Crippen LogP contribution in [0.4, 0.5) is 9.18 Å². The van der Waals surface area contributed by atoms with Crippen molar-refractivity contribution in [2.45, 2.75) is 45.1 Å². The van der Waals surface area contributed by atoms with Crippen LogP contribution in [0.3, 0.4) is 0 Å². The van der Waals surface area contributed by atoms with Crippen LogP contribution in [0.2, 0.25) is 0 Å². The van der Waals surface area contributed by atoms with E-state index in [-0.39, 0.29) is 36.6 Å². The standard InChI is InChI=1S/C20H26FNO5/c1-3-27-19(24)13-18(23)15-10-11-22(20(25)26-2)17(12-15)9-6-14-4-7-16(21)8-5-14/h4-5,7-8,15,17H,3,6,9-13H2,1-2H3/t15-,17+/m0/s1. The second-order valence-corrected chi connectivity index (χ2v) is 6.65. The minimum atomic E-state index is -0.513. The van der Waals surface area contributed by atoms with Gasteiger partial charge in [0.15, 0.2) is 0 Å². The first-order valence-electron chi connectivity index (χ1n) is 9.22. The van der Waals surface area contributed by atoms with Crippen molar-refractivity contribution in [1.29, 1.82) is 0 Å². The maximum atomic E-state index is 13.0. The molecular weight excluding hydrogens is 353 g/mol. The Bertz CT molecular complexity index is 661. The Morgan fingerprint density at radius 1 is 1.22 bits per heavy atom. The summed E-state index contributed by atoms with van der Waals surface area (Å²) >= 11 is 0. The van der Waals surface area contributed by atoms with Gasteiger partial charge in [0, 0.05) is 18.5 Å². The van der Waals surface area contributed by atoms with E-state index in [1.807, 2.05) is 0 Å². The van der Waals surface area contributed by atoms with E-state index in [0.717, 1.165) is 5.56 Å². The molecule has 27 heavy (non-hydrogen) atoms. The van der Waals surface area contributed by atoms with Crippen molar-refractivity contribution in [3.05, 3.63) is 35.6 Å². The number of hydrogen-bond donors (Lipinski definition) is 0. The van der Waals surface area contributed by atoms with Crippen molar-refractivity contribution in [3.8, 4) is 0 Å². The Labute approximate surface area is 158 Å². The summed E-state index contributed by atoms with van der Waals surface area (Å²) in [7, 11) is 1.33. The lowest BCUT2D eigenvalue weighted by Crippen LogP contribution is -2.47. The predicted octanol–water partition coefficient (Wildman–Crippen LogP) is 3.13. The Balaban J connectivity index is 2.01. The summed E-state index contributed by atoms with van der Waals surface area (Å²) in [5, 5.41) is 0. The van der Waals surface area contributed by atoms with Crippen LogP contribution in [-0.2, 0) is 25.5 Å². The van der Waals surface area contributed by atoms with Gasteiger partial charge in [-0.15, -0.1) is 0 Å². The zero-order valence-electron chi connectivity index (χ0n) is 15.8. The van der Waals surface area contributed by atoms with Crippen molar-refractivity contribution in [3.63, 3.8) is 0 Å². The molecule has 0 spiro atoms. The van der Waals surface area contributed by atoms with E-state index in [4.69, 9.17) is 9.47 Å². The van der Waals surface area contributed by atoms with Gasteiger partial charge in [0.2, 0.25) is 0 Å². The van der Waals surface area contributed by atoms with Gasteiger partial charge < -0.3 is 14.4 Å². The van der Waals surface area contributed by atoms with Crippen molar-refractivity contribution in [2.75, 3.05) is 20.3 Å². The van der Waals surface area contributed by atoms with Crippen LogP contribution >= 0.6 is 0 Å². The number of ether oxygens (including phenoxy) is 2. The minimum Gasteiger partial charge on any atom is -0.466 e. The largest absolute Gasteiger partial charge is 0.466 e. The highest BCUT2D eigenvalue weighted by Gasteiger charge is 2.35. The molecule has 2 atom stereocenters. The van der Waals surface area contributed by atoms with Crippen LogP contribution in [0.1, 0.15) is 38.2 Å². The highest BCUT2D eigenvalue weighted by Crippen LogP contribution is 2.28. The third-order valence-electron chi connectivity index (χ3n) is 4.88. The zero-order chi connectivity index (χ0) is 19.8. The number of esters is 1. The lowest BCUT2D eigenvalue weighted by molar-refractivity contribution is -0.146. The predicted molar refractivity (Wildman–Crippen MR) is 96.6 cm³/mol. The smallest absolute Gasteiger partial charge is 0.409 e. The molecule has 0 N–H and O–H groups in total. The molecule has 1 aliphatic rings. The van der Waals surface area contributed by atoms with Crippen molar-refractivity contribution in [1.82, 2.24) is 4.90 Å². The number of amides is 1. The van der Waals surface area contributed by atoms with Crippen LogP contribution in [0.25, 0.3) is 0 Å². The van der Waals surface area contributed by atoms with Gasteiger partial charge in [-0.1, -0.05) is 12.1 Å². The quantitative estimate of drug-likeness (QED) is 0.538. The number of Topliss-reactive ketones (excluding diaryl/α,β-unsaturated/α-hetero) is 1. The number of likely N-dealkylation sites (tertiary alicyclic amines) is 1. The van der Waals surface area contributed by atoms with E-state index in [1.165, 1.54) is 19.2 Å². The fourth-order valence-electron chi connectivity index (χ4n) is 3.46. The molecule has 1 amide bonds. The van der Waals surface area contributed by atoms with Crippen LogP contribution in [0.5, 0.6) is 0 Å². The molecule has 7 heteroatoms. The summed E-state index contributed by atoms with van der Waals surface area (Å²) in [6, 6.07) is 6.06. The number of aryl methyl sites for hydroxylation is 1. The molecule has 1 heterocycles. The minimum absolute atomic E-state index is 0.148. The van der Waals surface area contributed by atoms with E-state index in [1.54, 1.807) is 24.0 Å². The number of methoxy groups -OCH3 is 1. The lowest BCUT2D eigenvalue weighted by atomic mass is 9.84. The third kappa shape index (κ3) is 6.05. The van der Waals surface area contributed by atoms with Gasteiger partial charge in [0.1, 0.15) is 18.0 Å². The number of piperidine rings is 1. The van der Waals surface area contributed by atoms with Gasteiger partial charge >= 0.3 is 12.1 Å². The van der Waals surface area contributed by atoms with Gasteiger partial charge in [-0.2, -0.15) is 0 Å².